The van der Waals surface area contributed by atoms with Gasteiger partial charge in [-0.1, -0.05) is 12.1 Å². The number of hydrogen-bond donors (Lipinski definition) is 1. The van der Waals surface area contributed by atoms with Gasteiger partial charge in [0, 0.05) is 12.6 Å². The van der Waals surface area contributed by atoms with Gasteiger partial charge in [-0.25, -0.2) is 9.97 Å². The maximum Gasteiger partial charge on any atom is 0.148 e. The molecule has 2 aromatic rings. The van der Waals surface area contributed by atoms with Crippen molar-refractivity contribution in [3.63, 3.8) is 0 Å². The second-order valence-electron chi connectivity index (χ2n) is 6.09. The molecule has 1 aromatic heterocycles. The van der Waals surface area contributed by atoms with Crippen molar-refractivity contribution < 1.29 is 4.74 Å². The molecule has 20 heavy (non-hydrogen) atoms. The number of nitrogens with one attached hydrogen (secondary N) is 1. The molecule has 1 aliphatic rings. The van der Waals surface area contributed by atoms with Gasteiger partial charge in [-0.05, 0) is 45.7 Å². The van der Waals surface area contributed by atoms with Crippen molar-refractivity contribution in [2.24, 2.45) is 0 Å². The van der Waals surface area contributed by atoms with Crippen molar-refractivity contribution in [3.05, 3.63) is 30.0 Å². The van der Waals surface area contributed by atoms with Gasteiger partial charge >= 0.3 is 0 Å². The number of rotatable bonds is 2. The molecule has 1 N–H and O–H groups in total. The Bertz CT molecular complexity index is 624. The molecule has 1 atom stereocenters. The zero-order valence-corrected chi connectivity index (χ0v) is 12.3. The smallest absolute Gasteiger partial charge is 0.148 e. The molecule has 0 bridgehead atoms. The lowest BCUT2D eigenvalue weighted by atomic mass is 9.94. The lowest BCUT2D eigenvalue weighted by molar-refractivity contribution is -0.0553. The number of anilines is 1. The van der Waals surface area contributed by atoms with Crippen LogP contribution in [0.4, 0.5) is 5.82 Å². The van der Waals surface area contributed by atoms with E-state index in [2.05, 4.69) is 24.1 Å². The summed E-state index contributed by atoms with van der Waals surface area (Å²) in [5.74, 6) is 0.895. The number of hydrogen-bond acceptors (Lipinski definition) is 4. The Morgan fingerprint density at radius 3 is 2.60 bits per heavy atom. The van der Waals surface area contributed by atoms with Crippen LogP contribution >= 0.6 is 0 Å². The minimum absolute atomic E-state index is 0.0614. The largest absolute Gasteiger partial charge is 0.375 e. The molecule has 106 valence electrons. The Balaban J connectivity index is 1.85. The van der Waals surface area contributed by atoms with Gasteiger partial charge in [-0.15, -0.1) is 0 Å². The van der Waals surface area contributed by atoms with Crippen LogP contribution in [0.3, 0.4) is 0 Å². The van der Waals surface area contributed by atoms with E-state index < -0.39 is 0 Å². The zero-order valence-electron chi connectivity index (χ0n) is 12.3. The lowest BCUT2D eigenvalue weighted by Crippen LogP contribution is -2.40. The summed E-state index contributed by atoms with van der Waals surface area (Å²) in [6.45, 7) is 7.08. The maximum atomic E-state index is 5.76. The first-order valence-corrected chi connectivity index (χ1v) is 7.17. The highest BCUT2D eigenvalue weighted by atomic mass is 16.5. The van der Waals surface area contributed by atoms with E-state index in [0.29, 0.717) is 6.04 Å². The molecule has 0 saturated carbocycles. The van der Waals surface area contributed by atoms with Crippen LogP contribution in [0, 0.1) is 6.92 Å². The van der Waals surface area contributed by atoms with E-state index in [1.807, 2.05) is 31.2 Å². The molecule has 1 aromatic carbocycles. The van der Waals surface area contributed by atoms with Gasteiger partial charge in [-0.2, -0.15) is 0 Å². The van der Waals surface area contributed by atoms with E-state index >= 15 is 0 Å². The molecule has 0 radical (unpaired) electrons. The molecule has 1 unspecified atom stereocenters. The fraction of sp³-hybridized carbons (Fsp3) is 0.500. The van der Waals surface area contributed by atoms with Crippen LogP contribution in [-0.2, 0) is 4.74 Å². The predicted octanol–water partition coefficient (Wildman–Crippen LogP) is 3.31. The summed E-state index contributed by atoms with van der Waals surface area (Å²) in [4.78, 5) is 9.32. The third-order valence-electron chi connectivity index (χ3n) is 3.78. The standard InChI is InChI=1S/C16H21N3O/c1-11-15(18-12-8-9-20-16(2,3)10-12)19-14-7-5-4-6-13(14)17-11/h4-7,12H,8-10H2,1-3H3,(H,18,19). The Morgan fingerprint density at radius 2 is 1.90 bits per heavy atom. The van der Waals surface area contributed by atoms with Gasteiger partial charge in [-0.3, -0.25) is 0 Å². The fourth-order valence-corrected chi connectivity index (χ4v) is 2.77. The third kappa shape index (κ3) is 2.75. The van der Waals surface area contributed by atoms with Gasteiger partial charge in [0.15, 0.2) is 0 Å². The first-order chi connectivity index (χ1) is 9.53. The highest BCUT2D eigenvalue weighted by Gasteiger charge is 2.29. The average molecular weight is 271 g/mol. The molecule has 0 aliphatic carbocycles. The molecule has 3 rings (SSSR count). The lowest BCUT2D eigenvalue weighted by Gasteiger charge is -2.36. The highest BCUT2D eigenvalue weighted by molar-refractivity contribution is 5.76. The second kappa shape index (κ2) is 5.02. The van der Waals surface area contributed by atoms with E-state index in [1.54, 1.807) is 0 Å². The van der Waals surface area contributed by atoms with Crippen LogP contribution in [0.2, 0.25) is 0 Å². The Hall–Kier alpha value is -1.68. The molecule has 1 fully saturated rings. The molecule has 0 spiro atoms. The summed E-state index contributed by atoms with van der Waals surface area (Å²) in [7, 11) is 0. The first-order valence-electron chi connectivity index (χ1n) is 7.17. The summed E-state index contributed by atoms with van der Waals surface area (Å²) in [6, 6.07) is 8.38. The Labute approximate surface area is 119 Å². The third-order valence-corrected chi connectivity index (χ3v) is 3.78. The van der Waals surface area contributed by atoms with Crippen molar-refractivity contribution in [2.45, 2.75) is 45.3 Å². The fourth-order valence-electron chi connectivity index (χ4n) is 2.77. The van der Waals surface area contributed by atoms with Crippen LogP contribution in [0.1, 0.15) is 32.4 Å². The van der Waals surface area contributed by atoms with Gasteiger partial charge in [0.1, 0.15) is 5.82 Å². The highest BCUT2D eigenvalue weighted by Crippen LogP contribution is 2.27. The zero-order chi connectivity index (χ0) is 14.2. The molecule has 1 saturated heterocycles. The van der Waals surface area contributed by atoms with E-state index in [0.717, 1.165) is 42.0 Å². The Morgan fingerprint density at radius 1 is 1.20 bits per heavy atom. The normalized spacial score (nSPS) is 21.9. The Kier molecular flexibility index (Phi) is 3.34. The topological polar surface area (TPSA) is 47.0 Å². The number of nitrogens with zero attached hydrogens (tertiary/aromatic N) is 2. The summed E-state index contributed by atoms with van der Waals surface area (Å²) in [5.41, 5.74) is 2.77. The van der Waals surface area contributed by atoms with Crippen LogP contribution < -0.4 is 5.32 Å². The van der Waals surface area contributed by atoms with Crippen molar-refractivity contribution in [1.82, 2.24) is 9.97 Å². The average Bonchev–Trinajstić information content (AvgIpc) is 2.38. The number of ether oxygens (including phenoxy) is 1. The maximum absolute atomic E-state index is 5.76. The monoisotopic (exact) mass is 271 g/mol. The summed E-state index contributed by atoms with van der Waals surface area (Å²) < 4.78 is 5.76. The number of fused-ring (bicyclic) bond motifs is 1. The van der Waals surface area contributed by atoms with Gasteiger partial charge in [0.2, 0.25) is 0 Å². The van der Waals surface area contributed by atoms with Crippen molar-refractivity contribution in [2.75, 3.05) is 11.9 Å². The van der Waals surface area contributed by atoms with E-state index in [4.69, 9.17) is 9.72 Å². The second-order valence-corrected chi connectivity index (χ2v) is 6.09. The number of benzene rings is 1. The van der Waals surface area contributed by atoms with E-state index in [1.165, 1.54) is 0 Å². The molecular weight excluding hydrogens is 250 g/mol. The van der Waals surface area contributed by atoms with E-state index in [9.17, 15) is 0 Å². The number of aryl methyl sites for hydroxylation is 1. The van der Waals surface area contributed by atoms with E-state index in [-0.39, 0.29) is 5.60 Å². The number of aromatic nitrogens is 2. The van der Waals surface area contributed by atoms with Crippen LogP contribution in [0.5, 0.6) is 0 Å². The quantitative estimate of drug-likeness (QED) is 0.910. The summed E-state index contributed by atoms with van der Waals surface area (Å²) >= 11 is 0. The van der Waals surface area contributed by atoms with Crippen molar-refractivity contribution >= 4 is 16.9 Å². The molecule has 0 amide bonds. The van der Waals surface area contributed by atoms with Gasteiger partial charge in [0.25, 0.3) is 0 Å². The minimum atomic E-state index is -0.0614. The molecular formula is C16H21N3O. The molecule has 4 heteroatoms. The van der Waals surface area contributed by atoms with Crippen LogP contribution in [0.15, 0.2) is 24.3 Å². The SMILES string of the molecule is Cc1nc2ccccc2nc1NC1CCOC(C)(C)C1. The summed E-state index contributed by atoms with van der Waals surface area (Å²) in [5, 5.41) is 3.54. The molecule has 4 nitrogen and oxygen atoms in total. The minimum Gasteiger partial charge on any atom is -0.375 e. The van der Waals surface area contributed by atoms with Crippen LogP contribution in [-0.4, -0.2) is 28.2 Å². The first kappa shape index (κ1) is 13.3. The molecule has 1 aliphatic heterocycles. The van der Waals surface area contributed by atoms with Gasteiger partial charge < -0.3 is 10.1 Å². The molecule has 2 heterocycles. The van der Waals surface area contributed by atoms with Crippen molar-refractivity contribution in [1.29, 1.82) is 0 Å². The predicted molar refractivity (Wildman–Crippen MR) is 81.0 cm³/mol. The summed E-state index contributed by atoms with van der Waals surface area (Å²) in [6.07, 6.45) is 2.00. The number of para-hydroxylation sites is 2. The van der Waals surface area contributed by atoms with Crippen molar-refractivity contribution in [3.8, 4) is 0 Å². The van der Waals surface area contributed by atoms with Crippen LogP contribution in [0.25, 0.3) is 11.0 Å². The van der Waals surface area contributed by atoms with Gasteiger partial charge in [0.05, 0.1) is 22.3 Å².